The quantitative estimate of drug-likeness (QED) is 0.792. The van der Waals surface area contributed by atoms with E-state index in [0.717, 1.165) is 5.82 Å². The van der Waals surface area contributed by atoms with Crippen LogP contribution in [0.25, 0.3) is 0 Å². The molecule has 1 aliphatic heterocycles. The molecule has 0 fully saturated rings. The fourth-order valence-corrected chi connectivity index (χ4v) is 2.03. The van der Waals surface area contributed by atoms with Gasteiger partial charge in [-0.3, -0.25) is 0 Å². The molecule has 0 radical (unpaired) electrons. The first-order chi connectivity index (χ1) is 6.90. The fourth-order valence-electron chi connectivity index (χ4n) is 2.03. The Morgan fingerprint density at radius 2 is 2.50 bits per heavy atom. The van der Waals surface area contributed by atoms with Gasteiger partial charge in [0.1, 0.15) is 5.82 Å². The van der Waals surface area contributed by atoms with Crippen molar-refractivity contribution in [3.05, 3.63) is 23.9 Å². The summed E-state index contributed by atoms with van der Waals surface area (Å²) in [4.78, 5) is 4.37. The third-order valence-corrected chi connectivity index (χ3v) is 2.90. The topological polar surface area (TPSA) is 24.9 Å². The fraction of sp³-hybridized carbons (Fsp3) is 0.583. The molecule has 0 saturated heterocycles. The number of aromatic nitrogens is 1. The van der Waals surface area contributed by atoms with Crippen molar-refractivity contribution in [2.75, 3.05) is 5.32 Å². The number of unbranched alkanes of at least 4 members (excludes halogenated alkanes) is 1. The minimum atomic E-state index is 0.650. The maximum atomic E-state index is 4.37. The third kappa shape index (κ3) is 2.06. The van der Waals surface area contributed by atoms with Crippen molar-refractivity contribution < 1.29 is 0 Å². The molecule has 1 atom stereocenters. The zero-order valence-electron chi connectivity index (χ0n) is 8.79. The first kappa shape index (κ1) is 9.50. The number of hydrogen-bond donors (Lipinski definition) is 1. The van der Waals surface area contributed by atoms with Gasteiger partial charge in [0.15, 0.2) is 0 Å². The second-order valence-electron chi connectivity index (χ2n) is 4.03. The molecule has 0 unspecified atom stereocenters. The molecule has 76 valence electrons. The number of nitrogens with zero attached hydrogens (tertiary/aromatic N) is 1. The van der Waals surface area contributed by atoms with Gasteiger partial charge in [0.05, 0.1) is 0 Å². The van der Waals surface area contributed by atoms with Gasteiger partial charge >= 0.3 is 0 Å². The van der Waals surface area contributed by atoms with Gasteiger partial charge in [0.2, 0.25) is 0 Å². The molecule has 1 aromatic rings. The van der Waals surface area contributed by atoms with Crippen LogP contribution in [0.3, 0.4) is 0 Å². The second kappa shape index (κ2) is 4.45. The Labute approximate surface area is 85.7 Å². The van der Waals surface area contributed by atoms with Crippen molar-refractivity contribution in [3.63, 3.8) is 0 Å². The Bertz CT molecular complexity index is 296. The van der Waals surface area contributed by atoms with Crippen molar-refractivity contribution in [2.45, 2.75) is 45.1 Å². The number of aryl methyl sites for hydroxylation is 1. The van der Waals surface area contributed by atoms with Crippen LogP contribution in [0.15, 0.2) is 18.3 Å². The Balaban J connectivity index is 1.99. The van der Waals surface area contributed by atoms with E-state index in [1.54, 1.807) is 0 Å². The second-order valence-corrected chi connectivity index (χ2v) is 4.03. The Kier molecular flexibility index (Phi) is 3.02. The van der Waals surface area contributed by atoms with E-state index in [1.807, 2.05) is 12.3 Å². The van der Waals surface area contributed by atoms with E-state index in [0.29, 0.717) is 6.04 Å². The molecule has 2 rings (SSSR count). The van der Waals surface area contributed by atoms with Crippen LogP contribution in [0.4, 0.5) is 5.82 Å². The molecule has 1 aromatic heterocycles. The summed E-state index contributed by atoms with van der Waals surface area (Å²) in [5.41, 5.74) is 1.38. The van der Waals surface area contributed by atoms with Crippen LogP contribution in [-0.2, 0) is 6.42 Å². The minimum absolute atomic E-state index is 0.650. The largest absolute Gasteiger partial charge is 0.367 e. The van der Waals surface area contributed by atoms with Gasteiger partial charge in [0.25, 0.3) is 0 Å². The highest BCUT2D eigenvalue weighted by atomic mass is 15.0. The van der Waals surface area contributed by atoms with Crippen molar-refractivity contribution in [1.29, 1.82) is 0 Å². The minimum Gasteiger partial charge on any atom is -0.367 e. The van der Waals surface area contributed by atoms with E-state index in [4.69, 9.17) is 0 Å². The lowest BCUT2D eigenvalue weighted by Crippen LogP contribution is -2.25. The summed E-state index contributed by atoms with van der Waals surface area (Å²) < 4.78 is 0. The van der Waals surface area contributed by atoms with Crippen molar-refractivity contribution in [3.8, 4) is 0 Å². The van der Waals surface area contributed by atoms with E-state index >= 15 is 0 Å². The van der Waals surface area contributed by atoms with Crippen LogP contribution >= 0.6 is 0 Å². The third-order valence-electron chi connectivity index (χ3n) is 2.90. The molecular formula is C12H18N2. The molecule has 2 heterocycles. The van der Waals surface area contributed by atoms with Crippen LogP contribution in [0, 0.1) is 0 Å². The van der Waals surface area contributed by atoms with Crippen LogP contribution in [0.2, 0.25) is 0 Å². The predicted octanol–water partition coefficient (Wildman–Crippen LogP) is 3.00. The average Bonchev–Trinajstić information content (AvgIpc) is 2.26. The molecule has 0 bridgehead atoms. The molecule has 0 aromatic carbocycles. The zero-order valence-corrected chi connectivity index (χ0v) is 8.79. The maximum absolute atomic E-state index is 4.37. The SMILES string of the molecule is CCCC[C@@H]1CCc2cccnc2N1. The zero-order chi connectivity index (χ0) is 9.80. The number of hydrogen-bond acceptors (Lipinski definition) is 2. The van der Waals surface area contributed by atoms with E-state index in [1.165, 1.54) is 37.7 Å². The lowest BCUT2D eigenvalue weighted by atomic mass is 9.97. The summed E-state index contributed by atoms with van der Waals surface area (Å²) in [6.45, 7) is 2.25. The van der Waals surface area contributed by atoms with Crippen molar-refractivity contribution >= 4 is 5.82 Å². The normalized spacial score (nSPS) is 19.9. The molecule has 0 amide bonds. The van der Waals surface area contributed by atoms with Gasteiger partial charge in [-0.2, -0.15) is 0 Å². The van der Waals surface area contributed by atoms with Crippen LogP contribution < -0.4 is 5.32 Å². The van der Waals surface area contributed by atoms with Crippen LogP contribution in [0.5, 0.6) is 0 Å². The lowest BCUT2D eigenvalue weighted by molar-refractivity contribution is 0.554. The Morgan fingerprint density at radius 3 is 3.36 bits per heavy atom. The molecule has 2 nitrogen and oxygen atoms in total. The van der Waals surface area contributed by atoms with Gasteiger partial charge in [-0.05, 0) is 30.9 Å². The number of rotatable bonds is 3. The monoisotopic (exact) mass is 190 g/mol. The summed E-state index contributed by atoms with van der Waals surface area (Å²) in [6.07, 6.45) is 8.21. The summed E-state index contributed by atoms with van der Waals surface area (Å²) in [6, 6.07) is 4.84. The van der Waals surface area contributed by atoms with Crippen molar-refractivity contribution in [1.82, 2.24) is 4.98 Å². The maximum Gasteiger partial charge on any atom is 0.129 e. The first-order valence-corrected chi connectivity index (χ1v) is 5.60. The van der Waals surface area contributed by atoms with E-state index in [-0.39, 0.29) is 0 Å². The lowest BCUT2D eigenvalue weighted by Gasteiger charge is -2.25. The number of anilines is 1. The number of fused-ring (bicyclic) bond motifs is 1. The predicted molar refractivity (Wildman–Crippen MR) is 59.5 cm³/mol. The first-order valence-electron chi connectivity index (χ1n) is 5.60. The van der Waals surface area contributed by atoms with Gasteiger partial charge in [-0.25, -0.2) is 4.98 Å². The molecule has 0 aliphatic carbocycles. The molecule has 2 heteroatoms. The highest BCUT2D eigenvalue weighted by Crippen LogP contribution is 2.23. The van der Waals surface area contributed by atoms with E-state index in [2.05, 4.69) is 23.3 Å². The standard InChI is InChI=1S/C12H18N2/c1-2-3-6-11-8-7-10-5-4-9-13-12(10)14-11/h4-5,9,11H,2-3,6-8H2,1H3,(H,13,14)/t11-/m1/s1. The Morgan fingerprint density at radius 1 is 1.57 bits per heavy atom. The summed E-state index contributed by atoms with van der Waals surface area (Å²) in [7, 11) is 0. The summed E-state index contributed by atoms with van der Waals surface area (Å²) in [5.74, 6) is 1.11. The van der Waals surface area contributed by atoms with Crippen molar-refractivity contribution in [2.24, 2.45) is 0 Å². The van der Waals surface area contributed by atoms with E-state index in [9.17, 15) is 0 Å². The number of pyridine rings is 1. The molecule has 0 spiro atoms. The smallest absolute Gasteiger partial charge is 0.129 e. The molecule has 14 heavy (non-hydrogen) atoms. The molecular weight excluding hydrogens is 172 g/mol. The number of nitrogens with one attached hydrogen (secondary N) is 1. The highest BCUT2D eigenvalue weighted by Gasteiger charge is 2.16. The molecule has 1 N–H and O–H groups in total. The van der Waals surface area contributed by atoms with Crippen LogP contribution in [-0.4, -0.2) is 11.0 Å². The van der Waals surface area contributed by atoms with Crippen LogP contribution in [0.1, 0.15) is 38.2 Å². The van der Waals surface area contributed by atoms with E-state index < -0.39 is 0 Å². The average molecular weight is 190 g/mol. The van der Waals surface area contributed by atoms with Gasteiger partial charge in [0, 0.05) is 12.2 Å². The Hall–Kier alpha value is -1.05. The van der Waals surface area contributed by atoms with Gasteiger partial charge in [-0.15, -0.1) is 0 Å². The highest BCUT2D eigenvalue weighted by molar-refractivity contribution is 5.46. The van der Waals surface area contributed by atoms with Gasteiger partial charge < -0.3 is 5.32 Å². The summed E-state index contributed by atoms with van der Waals surface area (Å²) >= 11 is 0. The molecule has 1 aliphatic rings. The summed E-state index contributed by atoms with van der Waals surface area (Å²) in [5, 5.41) is 3.52. The molecule has 0 saturated carbocycles. The van der Waals surface area contributed by atoms with Gasteiger partial charge in [-0.1, -0.05) is 25.8 Å².